The van der Waals surface area contributed by atoms with Crippen molar-refractivity contribution >= 4 is 15.9 Å². The molecule has 3 atom stereocenters. The number of halogens is 2. The second kappa shape index (κ2) is 9.24. The Morgan fingerprint density at radius 1 is 1.00 bits per heavy atom. The van der Waals surface area contributed by atoms with E-state index in [1.54, 1.807) is 19.2 Å². The van der Waals surface area contributed by atoms with Crippen molar-refractivity contribution in [3.05, 3.63) is 51.7 Å². The highest BCUT2D eigenvalue weighted by atomic mass is 79.9. The van der Waals surface area contributed by atoms with E-state index in [1.165, 1.54) is 24.8 Å². The first-order valence-corrected chi connectivity index (χ1v) is 13.4. The monoisotopic (exact) mass is 530 g/mol. The summed E-state index contributed by atoms with van der Waals surface area (Å²) in [4.78, 5) is 0. The Labute approximate surface area is 213 Å². The Bertz CT molecular complexity index is 1060. The molecule has 0 heterocycles. The molecule has 2 fully saturated rings. The molecule has 0 aromatic heterocycles. The molecular weight excluding hydrogens is 491 g/mol. The zero-order chi connectivity index (χ0) is 24.9. The number of hydrogen-bond donors (Lipinski definition) is 0. The number of hydrogen-bond acceptors (Lipinski definition) is 2. The minimum atomic E-state index is -0.211. The quantitative estimate of drug-likeness (QED) is 0.346. The summed E-state index contributed by atoms with van der Waals surface area (Å²) in [6.07, 6.45) is 5.82. The molecule has 4 heteroatoms. The fourth-order valence-corrected chi connectivity index (χ4v) is 8.22. The number of methoxy groups -OCH3 is 1. The van der Waals surface area contributed by atoms with Gasteiger partial charge in [0.15, 0.2) is 6.79 Å². The Balaban J connectivity index is 1.85. The first-order valence-electron chi connectivity index (χ1n) is 12.6. The summed E-state index contributed by atoms with van der Waals surface area (Å²) >= 11 is 3.76. The predicted molar refractivity (Wildman–Crippen MR) is 142 cm³/mol. The first-order chi connectivity index (χ1) is 15.8. The molecule has 0 N–H and O–H groups in total. The molecular formula is C30H40BrFO2. The lowest BCUT2D eigenvalue weighted by molar-refractivity contribution is -0.0224. The van der Waals surface area contributed by atoms with Gasteiger partial charge in [-0.25, -0.2) is 4.39 Å². The van der Waals surface area contributed by atoms with E-state index in [-0.39, 0.29) is 23.4 Å². The third-order valence-electron chi connectivity index (χ3n) is 8.06. The van der Waals surface area contributed by atoms with E-state index in [4.69, 9.17) is 9.47 Å². The van der Waals surface area contributed by atoms with Crippen molar-refractivity contribution in [3.8, 4) is 16.9 Å². The molecule has 4 rings (SSSR count). The predicted octanol–water partition coefficient (Wildman–Crippen LogP) is 9.25. The third kappa shape index (κ3) is 5.09. The molecule has 0 aliphatic heterocycles. The summed E-state index contributed by atoms with van der Waals surface area (Å²) in [6, 6.07) is 9.69. The van der Waals surface area contributed by atoms with Crippen LogP contribution in [0.2, 0.25) is 0 Å². The van der Waals surface area contributed by atoms with Gasteiger partial charge in [0, 0.05) is 22.7 Å². The maximum atomic E-state index is 15.3. The molecule has 2 aliphatic carbocycles. The second-order valence-electron chi connectivity index (χ2n) is 12.6. The fraction of sp³-hybridized carbons (Fsp3) is 0.600. The summed E-state index contributed by atoms with van der Waals surface area (Å²) in [7, 11) is 1.63. The molecule has 2 saturated carbocycles. The average molecular weight is 532 g/mol. The van der Waals surface area contributed by atoms with Crippen LogP contribution < -0.4 is 4.74 Å². The van der Waals surface area contributed by atoms with Crippen LogP contribution in [0, 0.1) is 22.6 Å². The van der Waals surface area contributed by atoms with Crippen LogP contribution in [-0.2, 0) is 10.2 Å². The van der Waals surface area contributed by atoms with Crippen LogP contribution in [0.3, 0.4) is 0 Å². The van der Waals surface area contributed by atoms with Gasteiger partial charge >= 0.3 is 0 Å². The van der Waals surface area contributed by atoms with E-state index in [0.717, 1.165) is 39.8 Å². The largest absolute Gasteiger partial charge is 0.467 e. The standard InChI is InChI=1S/C30H40BrFO2/c1-19(2)21-8-9-23(26(31)10-21)24-11-22(32)12-25(27(24)34-18-33-7)30(6)15-20-13-28(3,4)16-29(5,14-20)17-30/h8-12,19-20H,13-18H2,1-7H3. The maximum absolute atomic E-state index is 15.3. The van der Waals surface area contributed by atoms with Gasteiger partial charge in [-0.1, -0.05) is 69.6 Å². The molecule has 0 amide bonds. The van der Waals surface area contributed by atoms with Crippen LogP contribution in [0.1, 0.15) is 90.7 Å². The van der Waals surface area contributed by atoms with Crippen LogP contribution in [-0.4, -0.2) is 13.9 Å². The first kappa shape index (κ1) is 25.7. The van der Waals surface area contributed by atoms with E-state index in [0.29, 0.717) is 17.3 Å². The van der Waals surface area contributed by atoms with E-state index < -0.39 is 0 Å². The van der Waals surface area contributed by atoms with Crippen molar-refractivity contribution in [1.29, 1.82) is 0 Å². The minimum absolute atomic E-state index is 0.136. The van der Waals surface area contributed by atoms with Gasteiger partial charge in [0.05, 0.1) is 0 Å². The molecule has 0 radical (unpaired) electrons. The zero-order valence-corrected chi connectivity index (χ0v) is 23.4. The molecule has 2 bridgehead atoms. The molecule has 2 aliphatic rings. The van der Waals surface area contributed by atoms with Crippen LogP contribution >= 0.6 is 15.9 Å². The van der Waals surface area contributed by atoms with Crippen molar-refractivity contribution in [2.75, 3.05) is 13.9 Å². The number of rotatable bonds is 6. The number of fused-ring (bicyclic) bond motifs is 2. The van der Waals surface area contributed by atoms with Crippen molar-refractivity contribution in [2.45, 2.75) is 85.0 Å². The Morgan fingerprint density at radius 3 is 2.35 bits per heavy atom. The van der Waals surface area contributed by atoms with E-state index in [2.05, 4.69) is 75.7 Å². The smallest absolute Gasteiger partial charge is 0.188 e. The zero-order valence-electron chi connectivity index (χ0n) is 21.9. The van der Waals surface area contributed by atoms with Crippen molar-refractivity contribution in [1.82, 2.24) is 0 Å². The van der Waals surface area contributed by atoms with Gasteiger partial charge in [-0.05, 0) is 89.5 Å². The fourth-order valence-electron chi connectivity index (χ4n) is 7.61. The number of benzene rings is 2. The van der Waals surface area contributed by atoms with Gasteiger partial charge in [0.25, 0.3) is 0 Å². The topological polar surface area (TPSA) is 18.5 Å². The van der Waals surface area contributed by atoms with Crippen LogP contribution in [0.15, 0.2) is 34.8 Å². The van der Waals surface area contributed by atoms with Crippen molar-refractivity contribution in [3.63, 3.8) is 0 Å². The third-order valence-corrected chi connectivity index (χ3v) is 8.72. The van der Waals surface area contributed by atoms with E-state index in [9.17, 15) is 0 Å². The highest BCUT2D eigenvalue weighted by molar-refractivity contribution is 9.10. The minimum Gasteiger partial charge on any atom is -0.467 e. The van der Waals surface area contributed by atoms with E-state index in [1.807, 2.05) is 0 Å². The molecule has 2 aromatic rings. The summed E-state index contributed by atoms with van der Waals surface area (Å²) in [5.41, 5.74) is 4.43. The van der Waals surface area contributed by atoms with Gasteiger partial charge in [-0.3, -0.25) is 0 Å². The maximum Gasteiger partial charge on any atom is 0.188 e. The van der Waals surface area contributed by atoms with Crippen LogP contribution in [0.25, 0.3) is 11.1 Å². The molecule has 3 unspecified atom stereocenters. The molecule has 0 saturated heterocycles. The molecule has 2 aromatic carbocycles. The van der Waals surface area contributed by atoms with Crippen molar-refractivity contribution < 1.29 is 13.9 Å². The summed E-state index contributed by atoms with van der Waals surface area (Å²) in [5.74, 6) is 1.61. The lowest BCUT2D eigenvalue weighted by Crippen LogP contribution is -2.47. The average Bonchev–Trinajstić information content (AvgIpc) is 2.69. The summed E-state index contributed by atoms with van der Waals surface area (Å²) < 4.78 is 27.8. The van der Waals surface area contributed by atoms with Crippen LogP contribution in [0.5, 0.6) is 5.75 Å². The van der Waals surface area contributed by atoms with Gasteiger partial charge in [-0.15, -0.1) is 0 Å². The van der Waals surface area contributed by atoms with Crippen molar-refractivity contribution in [2.24, 2.45) is 16.7 Å². The van der Waals surface area contributed by atoms with Gasteiger partial charge in [-0.2, -0.15) is 0 Å². The highest BCUT2D eigenvalue weighted by Gasteiger charge is 2.51. The van der Waals surface area contributed by atoms with E-state index >= 15 is 4.39 Å². The molecule has 2 nitrogen and oxygen atoms in total. The Hall–Kier alpha value is -1.39. The Morgan fingerprint density at radius 2 is 1.74 bits per heavy atom. The molecule has 186 valence electrons. The highest BCUT2D eigenvalue weighted by Crippen LogP contribution is 2.62. The summed E-state index contributed by atoms with van der Waals surface area (Å²) in [6.45, 7) is 14.1. The number of ether oxygens (including phenoxy) is 2. The molecule has 0 spiro atoms. The normalized spacial score (nSPS) is 28.2. The van der Waals surface area contributed by atoms with Gasteiger partial charge in [0.2, 0.25) is 0 Å². The van der Waals surface area contributed by atoms with Gasteiger partial charge in [0.1, 0.15) is 11.6 Å². The SMILES string of the molecule is COCOc1c(-c2ccc(C(C)C)cc2Br)cc(F)cc1C1(C)CC2CC(C)(C)CC(C)(C2)C1. The molecule has 34 heavy (non-hydrogen) atoms. The van der Waals surface area contributed by atoms with Gasteiger partial charge < -0.3 is 9.47 Å². The lowest BCUT2D eigenvalue weighted by Gasteiger charge is -2.56. The Kier molecular flexibility index (Phi) is 6.98. The van der Waals surface area contributed by atoms with Crippen LogP contribution in [0.4, 0.5) is 4.39 Å². The lowest BCUT2D eigenvalue weighted by atomic mass is 9.49. The summed E-state index contributed by atoms with van der Waals surface area (Å²) in [5, 5.41) is 0. The second-order valence-corrected chi connectivity index (χ2v) is 13.5.